The van der Waals surface area contributed by atoms with Crippen molar-refractivity contribution in [3.8, 4) is 0 Å². The zero-order valence-corrected chi connectivity index (χ0v) is 8.44. The molecule has 6 nitrogen and oxygen atoms in total. The number of aryl methyl sites for hydroxylation is 2. The standard InChI is InChI=1S/C9H10N4O2/c1-3-7-6(4-10-12-7)8(14)9-11-5(2)15-13-9/h4H,3H2,1-2H3,(H,10,12). The molecule has 0 spiro atoms. The summed E-state index contributed by atoms with van der Waals surface area (Å²) in [5, 5.41) is 10.2. The Hall–Kier alpha value is -1.98. The van der Waals surface area contributed by atoms with Gasteiger partial charge in [0.25, 0.3) is 0 Å². The molecule has 15 heavy (non-hydrogen) atoms. The Morgan fingerprint density at radius 2 is 2.40 bits per heavy atom. The van der Waals surface area contributed by atoms with Crippen molar-refractivity contribution in [1.29, 1.82) is 0 Å². The predicted octanol–water partition coefficient (Wildman–Crippen LogP) is 0.895. The molecule has 0 unspecified atom stereocenters. The van der Waals surface area contributed by atoms with Crippen LogP contribution >= 0.6 is 0 Å². The van der Waals surface area contributed by atoms with Crippen LogP contribution in [0.5, 0.6) is 0 Å². The van der Waals surface area contributed by atoms with Crippen LogP contribution in [-0.4, -0.2) is 26.1 Å². The lowest BCUT2D eigenvalue weighted by molar-refractivity contribution is 0.102. The summed E-state index contributed by atoms with van der Waals surface area (Å²) in [4.78, 5) is 15.7. The van der Waals surface area contributed by atoms with E-state index in [9.17, 15) is 4.79 Å². The van der Waals surface area contributed by atoms with E-state index in [-0.39, 0.29) is 11.6 Å². The summed E-state index contributed by atoms with van der Waals surface area (Å²) in [6.07, 6.45) is 2.23. The Kier molecular flexibility index (Phi) is 2.32. The first-order valence-electron chi connectivity index (χ1n) is 4.60. The Balaban J connectivity index is 2.36. The number of carbonyl (C=O) groups is 1. The zero-order valence-electron chi connectivity index (χ0n) is 8.44. The smallest absolute Gasteiger partial charge is 0.243 e. The predicted molar refractivity (Wildman–Crippen MR) is 50.4 cm³/mol. The van der Waals surface area contributed by atoms with Crippen LogP contribution in [0.4, 0.5) is 0 Å². The number of nitrogens with zero attached hydrogens (tertiary/aromatic N) is 3. The molecule has 6 heteroatoms. The van der Waals surface area contributed by atoms with Crippen LogP contribution in [0, 0.1) is 6.92 Å². The van der Waals surface area contributed by atoms with E-state index in [1.807, 2.05) is 6.92 Å². The van der Waals surface area contributed by atoms with Gasteiger partial charge in [-0.2, -0.15) is 10.1 Å². The highest BCUT2D eigenvalue weighted by Crippen LogP contribution is 2.10. The molecule has 0 radical (unpaired) electrons. The molecule has 0 aliphatic heterocycles. The van der Waals surface area contributed by atoms with E-state index in [0.29, 0.717) is 23.6 Å². The molecule has 0 amide bonds. The van der Waals surface area contributed by atoms with Gasteiger partial charge >= 0.3 is 0 Å². The third kappa shape index (κ3) is 1.65. The van der Waals surface area contributed by atoms with E-state index in [1.54, 1.807) is 13.1 Å². The van der Waals surface area contributed by atoms with E-state index in [4.69, 9.17) is 4.52 Å². The average Bonchev–Trinajstić information content (AvgIpc) is 2.84. The first-order chi connectivity index (χ1) is 7.22. The van der Waals surface area contributed by atoms with Gasteiger partial charge in [-0.05, 0) is 6.42 Å². The topological polar surface area (TPSA) is 84.7 Å². The number of rotatable bonds is 3. The maximum atomic E-state index is 11.9. The van der Waals surface area contributed by atoms with Gasteiger partial charge in [-0.3, -0.25) is 9.89 Å². The van der Waals surface area contributed by atoms with Gasteiger partial charge in [-0.1, -0.05) is 12.1 Å². The fraction of sp³-hybridized carbons (Fsp3) is 0.333. The Bertz CT molecular complexity index is 486. The lowest BCUT2D eigenvalue weighted by Crippen LogP contribution is -2.05. The van der Waals surface area contributed by atoms with Crippen molar-refractivity contribution < 1.29 is 9.32 Å². The minimum atomic E-state index is -0.266. The third-order valence-electron chi connectivity index (χ3n) is 2.03. The highest BCUT2D eigenvalue weighted by atomic mass is 16.5. The van der Waals surface area contributed by atoms with Crippen LogP contribution in [-0.2, 0) is 6.42 Å². The van der Waals surface area contributed by atoms with Crippen molar-refractivity contribution in [1.82, 2.24) is 20.3 Å². The van der Waals surface area contributed by atoms with Gasteiger partial charge in [0.1, 0.15) is 0 Å². The maximum absolute atomic E-state index is 11.9. The fourth-order valence-corrected chi connectivity index (χ4v) is 1.30. The molecule has 2 heterocycles. The molecule has 0 aliphatic carbocycles. The Labute approximate surface area is 85.7 Å². The summed E-state index contributed by atoms with van der Waals surface area (Å²) in [6, 6.07) is 0. The van der Waals surface area contributed by atoms with E-state index in [1.165, 1.54) is 0 Å². The molecule has 2 aromatic heterocycles. The van der Waals surface area contributed by atoms with Gasteiger partial charge in [0.2, 0.25) is 17.5 Å². The number of hydrogen-bond donors (Lipinski definition) is 1. The first kappa shape index (κ1) is 9.57. The average molecular weight is 206 g/mol. The number of ketones is 1. The summed E-state index contributed by atoms with van der Waals surface area (Å²) in [7, 11) is 0. The SMILES string of the molecule is CCc1n[nH]cc1C(=O)c1noc(C)n1. The second kappa shape index (κ2) is 3.64. The second-order valence-electron chi connectivity index (χ2n) is 3.07. The van der Waals surface area contributed by atoms with Gasteiger partial charge in [-0.15, -0.1) is 0 Å². The van der Waals surface area contributed by atoms with Gasteiger partial charge < -0.3 is 4.52 Å². The highest BCUT2D eigenvalue weighted by Gasteiger charge is 2.19. The number of H-pyrrole nitrogens is 1. The summed E-state index contributed by atoms with van der Waals surface area (Å²) >= 11 is 0. The molecular weight excluding hydrogens is 196 g/mol. The number of aromatic amines is 1. The number of hydrogen-bond acceptors (Lipinski definition) is 5. The van der Waals surface area contributed by atoms with Crippen molar-refractivity contribution in [2.75, 3.05) is 0 Å². The quantitative estimate of drug-likeness (QED) is 0.754. The van der Waals surface area contributed by atoms with Gasteiger partial charge in [0.15, 0.2) is 0 Å². The first-order valence-corrected chi connectivity index (χ1v) is 4.60. The fourth-order valence-electron chi connectivity index (χ4n) is 1.30. The zero-order chi connectivity index (χ0) is 10.8. The molecule has 0 fully saturated rings. The van der Waals surface area contributed by atoms with Crippen molar-refractivity contribution >= 4 is 5.78 Å². The summed E-state index contributed by atoms with van der Waals surface area (Å²) in [5.74, 6) is 0.181. The lowest BCUT2D eigenvalue weighted by Gasteiger charge is -1.93. The largest absolute Gasteiger partial charge is 0.339 e. The monoisotopic (exact) mass is 206 g/mol. The molecule has 2 rings (SSSR count). The van der Waals surface area contributed by atoms with Gasteiger partial charge in [-0.25, -0.2) is 0 Å². The van der Waals surface area contributed by atoms with E-state index in [2.05, 4.69) is 20.3 Å². The van der Waals surface area contributed by atoms with Crippen LogP contribution in [0.1, 0.15) is 34.7 Å². The van der Waals surface area contributed by atoms with Crippen LogP contribution in [0.2, 0.25) is 0 Å². The lowest BCUT2D eigenvalue weighted by atomic mass is 10.1. The Morgan fingerprint density at radius 3 is 3.00 bits per heavy atom. The molecule has 0 saturated heterocycles. The molecular formula is C9H10N4O2. The summed E-state index contributed by atoms with van der Waals surface area (Å²) < 4.78 is 4.74. The van der Waals surface area contributed by atoms with E-state index in [0.717, 1.165) is 0 Å². The van der Waals surface area contributed by atoms with Crippen molar-refractivity contribution in [2.45, 2.75) is 20.3 Å². The highest BCUT2D eigenvalue weighted by molar-refractivity contribution is 6.06. The van der Waals surface area contributed by atoms with Gasteiger partial charge in [0.05, 0.1) is 11.3 Å². The molecule has 2 aromatic rings. The molecule has 78 valence electrons. The van der Waals surface area contributed by atoms with Crippen LogP contribution in [0.3, 0.4) is 0 Å². The molecule has 1 N–H and O–H groups in total. The number of aromatic nitrogens is 4. The maximum Gasteiger partial charge on any atom is 0.243 e. The van der Waals surface area contributed by atoms with Crippen LogP contribution < -0.4 is 0 Å². The molecule has 0 atom stereocenters. The molecule has 0 bridgehead atoms. The minimum Gasteiger partial charge on any atom is -0.339 e. The summed E-state index contributed by atoms with van der Waals surface area (Å²) in [5.41, 5.74) is 1.21. The van der Waals surface area contributed by atoms with Crippen LogP contribution in [0.15, 0.2) is 10.7 Å². The van der Waals surface area contributed by atoms with E-state index >= 15 is 0 Å². The number of nitrogens with one attached hydrogen (secondary N) is 1. The molecule has 0 saturated carbocycles. The summed E-state index contributed by atoms with van der Waals surface area (Å²) in [6.45, 7) is 3.56. The van der Waals surface area contributed by atoms with Crippen molar-refractivity contribution in [2.24, 2.45) is 0 Å². The normalized spacial score (nSPS) is 10.5. The van der Waals surface area contributed by atoms with Crippen molar-refractivity contribution in [3.05, 3.63) is 29.2 Å². The van der Waals surface area contributed by atoms with E-state index < -0.39 is 0 Å². The Morgan fingerprint density at radius 1 is 1.60 bits per heavy atom. The van der Waals surface area contributed by atoms with Gasteiger partial charge in [0, 0.05) is 13.1 Å². The van der Waals surface area contributed by atoms with Crippen molar-refractivity contribution in [3.63, 3.8) is 0 Å². The molecule has 0 aliphatic rings. The minimum absolute atomic E-state index is 0.0728. The second-order valence-corrected chi connectivity index (χ2v) is 3.07. The van der Waals surface area contributed by atoms with Crippen LogP contribution in [0.25, 0.3) is 0 Å². The number of carbonyl (C=O) groups excluding carboxylic acids is 1. The third-order valence-corrected chi connectivity index (χ3v) is 2.03. The molecule has 0 aromatic carbocycles.